The molecule has 0 saturated carbocycles. The molecule has 7 heteroatoms. The average molecular weight is 276 g/mol. The zero-order valence-corrected chi connectivity index (χ0v) is 11.5. The largest absolute Gasteiger partial charge is 0.451 e. The summed E-state index contributed by atoms with van der Waals surface area (Å²) < 4.78 is 37.9. The molecule has 0 amide bonds. The highest BCUT2D eigenvalue weighted by molar-refractivity contribution is 5.47. The molecule has 0 aliphatic heterocycles. The Hall–Kier alpha value is -1.53. The second-order valence-corrected chi connectivity index (χ2v) is 5.08. The molecule has 19 heavy (non-hydrogen) atoms. The van der Waals surface area contributed by atoms with Crippen molar-refractivity contribution in [2.24, 2.45) is 5.41 Å². The summed E-state index contributed by atoms with van der Waals surface area (Å²) in [6.45, 7) is 6.64. The normalized spacial score (nSPS) is 12.4. The molecule has 0 atom stereocenters. The zero-order valence-electron chi connectivity index (χ0n) is 11.5. The Bertz CT molecular complexity index is 429. The molecule has 1 aromatic heterocycles. The number of rotatable bonds is 5. The lowest BCUT2D eigenvalue weighted by Crippen LogP contribution is -2.23. The monoisotopic (exact) mass is 276 g/mol. The molecule has 0 aromatic carbocycles. The Labute approximate surface area is 110 Å². The summed E-state index contributed by atoms with van der Waals surface area (Å²) in [6, 6.07) is 1.46. The lowest BCUT2D eigenvalue weighted by atomic mass is 9.90. The Morgan fingerprint density at radius 2 is 1.74 bits per heavy atom. The predicted molar refractivity (Wildman–Crippen MR) is 69.1 cm³/mol. The van der Waals surface area contributed by atoms with Crippen molar-refractivity contribution in [3.8, 4) is 0 Å². The van der Waals surface area contributed by atoms with Crippen LogP contribution in [0.3, 0.4) is 0 Å². The molecular formula is C12H19F3N4. The molecule has 0 bridgehead atoms. The van der Waals surface area contributed by atoms with E-state index in [0.29, 0.717) is 6.54 Å². The van der Waals surface area contributed by atoms with E-state index in [1.54, 1.807) is 0 Å². The van der Waals surface area contributed by atoms with Crippen LogP contribution in [0.25, 0.3) is 0 Å². The maximum Gasteiger partial charge on any atom is 0.451 e. The van der Waals surface area contributed by atoms with Gasteiger partial charge in [0.2, 0.25) is 5.82 Å². The fourth-order valence-corrected chi connectivity index (χ4v) is 1.25. The molecule has 0 radical (unpaired) electrons. The molecule has 2 N–H and O–H groups in total. The van der Waals surface area contributed by atoms with Gasteiger partial charge in [0.1, 0.15) is 11.6 Å². The van der Waals surface area contributed by atoms with Gasteiger partial charge in [0.25, 0.3) is 0 Å². The smallest absolute Gasteiger partial charge is 0.373 e. The third kappa shape index (κ3) is 4.57. The molecule has 0 saturated heterocycles. The van der Waals surface area contributed by atoms with Crippen LogP contribution in [-0.4, -0.2) is 23.6 Å². The summed E-state index contributed by atoms with van der Waals surface area (Å²) >= 11 is 0. The minimum Gasteiger partial charge on any atom is -0.373 e. The van der Waals surface area contributed by atoms with E-state index >= 15 is 0 Å². The van der Waals surface area contributed by atoms with Crippen LogP contribution < -0.4 is 10.6 Å². The minimum atomic E-state index is -4.55. The van der Waals surface area contributed by atoms with Crippen LogP contribution in [-0.2, 0) is 6.18 Å². The summed E-state index contributed by atoms with van der Waals surface area (Å²) in [5, 5.41) is 5.53. The molecule has 1 rings (SSSR count). The third-order valence-electron chi connectivity index (χ3n) is 2.94. The van der Waals surface area contributed by atoms with Crippen molar-refractivity contribution in [2.75, 3.05) is 24.2 Å². The van der Waals surface area contributed by atoms with Gasteiger partial charge in [-0.25, -0.2) is 9.97 Å². The van der Waals surface area contributed by atoms with Gasteiger partial charge in [0.05, 0.1) is 0 Å². The highest BCUT2D eigenvalue weighted by Gasteiger charge is 2.35. The maximum atomic E-state index is 12.6. The molecule has 1 heterocycles. The SMILES string of the molecule is CCC(C)(C)CNc1cc(NC)nc(C(F)(F)F)n1. The number of halogens is 3. The maximum absolute atomic E-state index is 12.6. The van der Waals surface area contributed by atoms with Gasteiger partial charge in [-0.05, 0) is 11.8 Å². The number of alkyl halides is 3. The molecule has 0 spiro atoms. The van der Waals surface area contributed by atoms with E-state index in [-0.39, 0.29) is 17.1 Å². The fourth-order valence-electron chi connectivity index (χ4n) is 1.25. The molecule has 108 valence electrons. The van der Waals surface area contributed by atoms with Crippen molar-refractivity contribution < 1.29 is 13.2 Å². The first kappa shape index (κ1) is 15.5. The first-order valence-electron chi connectivity index (χ1n) is 6.06. The molecule has 1 aromatic rings. The minimum absolute atomic E-state index is 0.0108. The fraction of sp³-hybridized carbons (Fsp3) is 0.667. The number of nitrogens with zero attached hydrogens (tertiary/aromatic N) is 2. The summed E-state index contributed by atoms with van der Waals surface area (Å²) in [6.07, 6.45) is -3.64. The highest BCUT2D eigenvalue weighted by atomic mass is 19.4. The lowest BCUT2D eigenvalue weighted by molar-refractivity contribution is -0.144. The van der Waals surface area contributed by atoms with Crippen molar-refractivity contribution in [3.63, 3.8) is 0 Å². The van der Waals surface area contributed by atoms with E-state index in [1.165, 1.54) is 13.1 Å². The summed E-state index contributed by atoms with van der Waals surface area (Å²) in [5.74, 6) is -0.830. The van der Waals surface area contributed by atoms with Gasteiger partial charge in [-0.2, -0.15) is 13.2 Å². The highest BCUT2D eigenvalue weighted by Crippen LogP contribution is 2.28. The lowest BCUT2D eigenvalue weighted by Gasteiger charge is -2.23. The van der Waals surface area contributed by atoms with Crippen LogP contribution in [0.5, 0.6) is 0 Å². The van der Waals surface area contributed by atoms with Crippen LogP contribution in [0, 0.1) is 5.41 Å². The van der Waals surface area contributed by atoms with E-state index in [0.717, 1.165) is 6.42 Å². The summed E-state index contributed by atoms with van der Waals surface area (Å²) in [7, 11) is 1.52. The van der Waals surface area contributed by atoms with Crippen molar-refractivity contribution in [1.29, 1.82) is 0 Å². The summed E-state index contributed by atoms with van der Waals surface area (Å²) in [4.78, 5) is 6.90. The van der Waals surface area contributed by atoms with Gasteiger partial charge in [-0.1, -0.05) is 20.8 Å². The van der Waals surface area contributed by atoms with Crippen LogP contribution >= 0.6 is 0 Å². The topological polar surface area (TPSA) is 49.8 Å². The Balaban J connectivity index is 2.95. The van der Waals surface area contributed by atoms with E-state index < -0.39 is 12.0 Å². The van der Waals surface area contributed by atoms with E-state index in [9.17, 15) is 13.2 Å². The van der Waals surface area contributed by atoms with E-state index in [1.807, 2.05) is 20.8 Å². The Kier molecular flexibility index (Phi) is 4.60. The van der Waals surface area contributed by atoms with Gasteiger partial charge in [0.15, 0.2) is 0 Å². The molecule has 0 fully saturated rings. The summed E-state index contributed by atoms with van der Waals surface area (Å²) in [5.41, 5.74) is -0.0108. The molecule has 4 nitrogen and oxygen atoms in total. The zero-order chi connectivity index (χ0) is 14.7. The Morgan fingerprint density at radius 3 is 2.21 bits per heavy atom. The van der Waals surface area contributed by atoms with Crippen molar-refractivity contribution in [1.82, 2.24) is 9.97 Å². The second-order valence-electron chi connectivity index (χ2n) is 5.08. The molecule has 0 unspecified atom stereocenters. The number of nitrogens with one attached hydrogen (secondary N) is 2. The van der Waals surface area contributed by atoms with Crippen molar-refractivity contribution in [2.45, 2.75) is 33.4 Å². The predicted octanol–water partition coefficient (Wildman–Crippen LogP) is 3.39. The first-order valence-corrected chi connectivity index (χ1v) is 6.06. The van der Waals surface area contributed by atoms with Gasteiger partial charge in [0, 0.05) is 19.7 Å². The van der Waals surface area contributed by atoms with Gasteiger partial charge >= 0.3 is 6.18 Å². The number of aromatic nitrogens is 2. The van der Waals surface area contributed by atoms with Crippen molar-refractivity contribution >= 4 is 11.6 Å². The van der Waals surface area contributed by atoms with Crippen LogP contribution in [0.1, 0.15) is 33.0 Å². The average Bonchev–Trinajstić information content (AvgIpc) is 2.35. The molecule has 0 aliphatic rings. The molecular weight excluding hydrogens is 257 g/mol. The van der Waals surface area contributed by atoms with Gasteiger partial charge in [-0.3, -0.25) is 0 Å². The van der Waals surface area contributed by atoms with Crippen LogP contribution in [0.2, 0.25) is 0 Å². The first-order chi connectivity index (χ1) is 8.68. The quantitative estimate of drug-likeness (QED) is 0.865. The standard InChI is InChI=1S/C12H19F3N4/c1-5-11(2,3)7-17-9-6-8(16-4)18-10(19-9)12(13,14)15/h6H,5,7H2,1-4H3,(H2,16,17,18,19). The number of anilines is 2. The third-order valence-corrected chi connectivity index (χ3v) is 2.94. The van der Waals surface area contributed by atoms with E-state index in [4.69, 9.17) is 0 Å². The molecule has 0 aliphatic carbocycles. The number of hydrogen-bond donors (Lipinski definition) is 2. The van der Waals surface area contributed by atoms with E-state index in [2.05, 4.69) is 20.6 Å². The van der Waals surface area contributed by atoms with Crippen LogP contribution in [0.4, 0.5) is 24.8 Å². The van der Waals surface area contributed by atoms with Crippen molar-refractivity contribution in [3.05, 3.63) is 11.9 Å². The van der Waals surface area contributed by atoms with Gasteiger partial charge < -0.3 is 10.6 Å². The van der Waals surface area contributed by atoms with Gasteiger partial charge in [-0.15, -0.1) is 0 Å². The number of hydrogen-bond acceptors (Lipinski definition) is 4. The second kappa shape index (κ2) is 5.63. The Morgan fingerprint density at radius 1 is 1.16 bits per heavy atom. The van der Waals surface area contributed by atoms with Crippen LogP contribution in [0.15, 0.2) is 6.07 Å².